The van der Waals surface area contributed by atoms with Crippen LogP contribution in [-0.2, 0) is 6.42 Å². The third kappa shape index (κ3) is 1.62. The van der Waals surface area contributed by atoms with Gasteiger partial charge in [0.2, 0.25) is 0 Å². The number of fused-ring (bicyclic) bond motifs is 1. The Bertz CT molecular complexity index is 364. The van der Waals surface area contributed by atoms with Crippen molar-refractivity contribution in [1.29, 1.82) is 0 Å². The molecule has 1 heterocycles. The van der Waals surface area contributed by atoms with Crippen LogP contribution in [0, 0.1) is 5.92 Å². The summed E-state index contributed by atoms with van der Waals surface area (Å²) in [6, 6.07) is 7.93. The van der Waals surface area contributed by atoms with E-state index in [1.807, 2.05) is 18.2 Å². The first kappa shape index (κ1) is 9.53. The predicted molar refractivity (Wildman–Crippen MR) is 57.9 cm³/mol. The molecule has 0 N–H and O–H groups in total. The van der Waals surface area contributed by atoms with Crippen LogP contribution in [-0.4, -0.2) is 11.9 Å². The maximum Gasteiger partial charge on any atom is 0.320 e. The Morgan fingerprint density at radius 2 is 2.21 bits per heavy atom. The molecule has 2 rings (SSSR count). The number of carbonyl (C=O) groups excluding carboxylic acids is 1. The first-order chi connectivity index (χ1) is 6.68. The number of hydrogen-bond donors (Lipinski definition) is 0. The van der Waals surface area contributed by atoms with E-state index in [-0.39, 0.29) is 5.37 Å². The van der Waals surface area contributed by atoms with Crippen LogP contribution < -0.4 is 4.90 Å². The first-order valence-corrected chi connectivity index (χ1v) is 5.11. The fourth-order valence-corrected chi connectivity index (χ4v) is 2.12. The summed E-state index contributed by atoms with van der Waals surface area (Å²) in [5.74, 6) is 0.479. The van der Waals surface area contributed by atoms with Gasteiger partial charge in [-0.1, -0.05) is 25.1 Å². The molecule has 0 saturated carbocycles. The number of para-hydroxylation sites is 1. The Labute approximate surface area is 88.5 Å². The number of benzene rings is 1. The van der Waals surface area contributed by atoms with Gasteiger partial charge >= 0.3 is 5.37 Å². The monoisotopic (exact) mass is 209 g/mol. The summed E-state index contributed by atoms with van der Waals surface area (Å²) in [5, 5.41) is -0.385. The normalized spacial score (nSPS) is 20.4. The van der Waals surface area contributed by atoms with Crippen molar-refractivity contribution in [3.8, 4) is 0 Å². The van der Waals surface area contributed by atoms with Crippen molar-refractivity contribution in [3.05, 3.63) is 29.8 Å². The van der Waals surface area contributed by atoms with Crippen LogP contribution in [0.5, 0.6) is 0 Å². The highest BCUT2D eigenvalue weighted by atomic mass is 35.5. The topological polar surface area (TPSA) is 20.3 Å². The molecule has 0 spiro atoms. The van der Waals surface area contributed by atoms with Gasteiger partial charge in [0.25, 0.3) is 0 Å². The summed E-state index contributed by atoms with van der Waals surface area (Å²) >= 11 is 5.54. The van der Waals surface area contributed by atoms with Crippen LogP contribution in [0.4, 0.5) is 10.5 Å². The van der Waals surface area contributed by atoms with E-state index >= 15 is 0 Å². The molecule has 2 nitrogen and oxygen atoms in total. The summed E-state index contributed by atoms with van der Waals surface area (Å²) in [5.41, 5.74) is 2.17. The van der Waals surface area contributed by atoms with E-state index in [1.54, 1.807) is 4.90 Å². The quantitative estimate of drug-likeness (QED) is 0.475. The summed E-state index contributed by atoms with van der Waals surface area (Å²) in [6.45, 7) is 2.85. The van der Waals surface area contributed by atoms with Crippen molar-refractivity contribution in [2.75, 3.05) is 11.4 Å². The number of halogens is 1. The lowest BCUT2D eigenvalue weighted by molar-refractivity contribution is 0.262. The summed E-state index contributed by atoms with van der Waals surface area (Å²) in [6.07, 6.45) is 1.02. The SMILES string of the molecule is C[C@H]1Cc2ccccc2N(C(=O)Cl)C1. The molecule has 14 heavy (non-hydrogen) atoms. The lowest BCUT2D eigenvalue weighted by Gasteiger charge is -2.31. The second-order valence-corrected chi connectivity index (χ2v) is 4.12. The number of hydrogen-bond acceptors (Lipinski definition) is 1. The number of carbonyl (C=O) groups is 1. The molecule has 1 amide bonds. The van der Waals surface area contributed by atoms with E-state index in [0.717, 1.165) is 18.7 Å². The zero-order chi connectivity index (χ0) is 10.1. The molecule has 0 fully saturated rings. The smallest absolute Gasteiger partial charge is 0.298 e. The second-order valence-electron chi connectivity index (χ2n) is 3.80. The third-order valence-corrected chi connectivity index (χ3v) is 2.76. The largest absolute Gasteiger partial charge is 0.320 e. The van der Waals surface area contributed by atoms with E-state index in [0.29, 0.717) is 5.92 Å². The second kappa shape index (κ2) is 3.62. The van der Waals surface area contributed by atoms with E-state index in [4.69, 9.17) is 11.6 Å². The molecule has 0 radical (unpaired) electrons. The minimum atomic E-state index is -0.385. The van der Waals surface area contributed by atoms with Crippen molar-refractivity contribution in [2.45, 2.75) is 13.3 Å². The Kier molecular flexibility index (Phi) is 2.46. The summed E-state index contributed by atoms with van der Waals surface area (Å²) in [7, 11) is 0. The lowest BCUT2D eigenvalue weighted by atomic mass is 9.94. The molecule has 0 bridgehead atoms. The average molecular weight is 210 g/mol. The van der Waals surface area contributed by atoms with Gasteiger partial charge in [0.1, 0.15) is 0 Å². The van der Waals surface area contributed by atoms with Crippen molar-refractivity contribution >= 4 is 22.7 Å². The Balaban J connectivity index is 2.43. The van der Waals surface area contributed by atoms with Crippen LogP contribution in [0.3, 0.4) is 0 Å². The summed E-state index contributed by atoms with van der Waals surface area (Å²) in [4.78, 5) is 12.8. The molecule has 1 aromatic carbocycles. The molecule has 1 aliphatic heterocycles. The number of amides is 1. The van der Waals surface area contributed by atoms with Crippen LogP contribution in [0.2, 0.25) is 0 Å². The van der Waals surface area contributed by atoms with Crippen molar-refractivity contribution in [2.24, 2.45) is 5.92 Å². The first-order valence-electron chi connectivity index (χ1n) is 4.73. The van der Waals surface area contributed by atoms with Gasteiger partial charge in [0.15, 0.2) is 0 Å². The number of rotatable bonds is 0. The Morgan fingerprint density at radius 3 is 2.93 bits per heavy atom. The van der Waals surface area contributed by atoms with Crippen molar-refractivity contribution < 1.29 is 4.79 Å². The highest BCUT2D eigenvalue weighted by Crippen LogP contribution is 2.29. The van der Waals surface area contributed by atoms with E-state index < -0.39 is 0 Å². The fourth-order valence-electron chi connectivity index (χ4n) is 1.96. The third-order valence-electron chi connectivity index (χ3n) is 2.56. The number of anilines is 1. The van der Waals surface area contributed by atoms with E-state index in [1.165, 1.54) is 5.56 Å². The highest BCUT2D eigenvalue weighted by Gasteiger charge is 2.24. The Morgan fingerprint density at radius 1 is 1.50 bits per heavy atom. The standard InChI is InChI=1S/C11H12ClNO/c1-8-6-9-4-2-3-5-10(9)13(7-8)11(12)14/h2-5,8H,6-7H2,1H3/t8-/m0/s1. The average Bonchev–Trinajstić information content (AvgIpc) is 2.16. The molecule has 0 saturated heterocycles. The zero-order valence-electron chi connectivity index (χ0n) is 8.03. The molecule has 74 valence electrons. The molecule has 1 aliphatic rings. The van der Waals surface area contributed by atoms with Gasteiger partial charge in [-0.2, -0.15) is 0 Å². The molecule has 3 heteroatoms. The van der Waals surface area contributed by atoms with Crippen LogP contribution in [0.1, 0.15) is 12.5 Å². The Hall–Kier alpha value is -1.02. The van der Waals surface area contributed by atoms with Crippen molar-refractivity contribution in [1.82, 2.24) is 0 Å². The van der Waals surface area contributed by atoms with Gasteiger partial charge in [-0.15, -0.1) is 0 Å². The molecule has 0 aromatic heterocycles. The summed E-state index contributed by atoms with van der Waals surface area (Å²) < 4.78 is 0. The van der Waals surface area contributed by atoms with Crippen LogP contribution in [0.15, 0.2) is 24.3 Å². The predicted octanol–water partition coefficient (Wildman–Crippen LogP) is 3.04. The molecule has 1 aromatic rings. The molecular weight excluding hydrogens is 198 g/mol. The van der Waals surface area contributed by atoms with Gasteiger partial charge < -0.3 is 0 Å². The molecular formula is C11H12ClNO. The van der Waals surface area contributed by atoms with E-state index in [2.05, 4.69) is 13.0 Å². The zero-order valence-corrected chi connectivity index (χ0v) is 8.79. The van der Waals surface area contributed by atoms with Gasteiger partial charge in [-0.25, -0.2) is 0 Å². The number of nitrogens with zero attached hydrogens (tertiary/aromatic N) is 1. The minimum Gasteiger partial charge on any atom is -0.298 e. The minimum absolute atomic E-state index is 0.385. The van der Waals surface area contributed by atoms with Crippen molar-refractivity contribution in [3.63, 3.8) is 0 Å². The highest BCUT2D eigenvalue weighted by molar-refractivity contribution is 6.66. The van der Waals surface area contributed by atoms with Gasteiger partial charge in [-0.3, -0.25) is 9.69 Å². The van der Waals surface area contributed by atoms with Crippen LogP contribution in [0.25, 0.3) is 0 Å². The van der Waals surface area contributed by atoms with Gasteiger partial charge in [0, 0.05) is 12.2 Å². The molecule has 1 atom stereocenters. The molecule has 0 unspecified atom stereocenters. The fraction of sp³-hybridized carbons (Fsp3) is 0.364. The van der Waals surface area contributed by atoms with E-state index in [9.17, 15) is 4.79 Å². The molecule has 0 aliphatic carbocycles. The lowest BCUT2D eigenvalue weighted by Crippen LogP contribution is -2.35. The van der Waals surface area contributed by atoms with Gasteiger partial charge in [-0.05, 0) is 35.6 Å². The maximum atomic E-state index is 11.2. The van der Waals surface area contributed by atoms with Crippen LogP contribution >= 0.6 is 11.6 Å². The van der Waals surface area contributed by atoms with Gasteiger partial charge in [0.05, 0.1) is 0 Å². The maximum absolute atomic E-state index is 11.2.